The van der Waals surface area contributed by atoms with Crippen molar-refractivity contribution in [2.75, 3.05) is 20.1 Å². The molecule has 1 saturated heterocycles. The molecule has 2 atom stereocenters. The topological polar surface area (TPSA) is 23.6 Å². The molecule has 76 valence electrons. The molecule has 2 unspecified atom stereocenters. The summed E-state index contributed by atoms with van der Waals surface area (Å²) in [4.78, 5) is 15.5. The fraction of sp³-hybridized carbons (Fsp3) is 0.900. The SMILES string of the molecule is CCN(C)C(=O)N1CC(C)CC1C. The van der Waals surface area contributed by atoms with Crippen LogP contribution in [0.2, 0.25) is 0 Å². The summed E-state index contributed by atoms with van der Waals surface area (Å²) in [6, 6.07) is 0.593. The van der Waals surface area contributed by atoms with Crippen molar-refractivity contribution in [2.24, 2.45) is 5.92 Å². The van der Waals surface area contributed by atoms with E-state index in [-0.39, 0.29) is 6.03 Å². The molecule has 3 nitrogen and oxygen atoms in total. The van der Waals surface area contributed by atoms with Crippen LogP contribution in [-0.4, -0.2) is 42.0 Å². The van der Waals surface area contributed by atoms with Crippen LogP contribution in [0.3, 0.4) is 0 Å². The van der Waals surface area contributed by atoms with Gasteiger partial charge in [0.15, 0.2) is 0 Å². The Morgan fingerprint density at radius 3 is 2.54 bits per heavy atom. The molecule has 0 spiro atoms. The molecule has 0 aromatic carbocycles. The molecule has 1 aliphatic heterocycles. The lowest BCUT2D eigenvalue weighted by Crippen LogP contribution is -2.42. The standard InChI is InChI=1S/C10H20N2O/c1-5-11(4)10(13)12-7-8(2)6-9(12)3/h8-9H,5-7H2,1-4H3. The van der Waals surface area contributed by atoms with Gasteiger partial charge in [-0.3, -0.25) is 0 Å². The molecule has 1 rings (SSSR count). The van der Waals surface area contributed by atoms with Crippen molar-refractivity contribution < 1.29 is 4.79 Å². The summed E-state index contributed by atoms with van der Waals surface area (Å²) in [7, 11) is 1.86. The average Bonchev–Trinajstić information content (AvgIpc) is 2.42. The largest absolute Gasteiger partial charge is 0.328 e. The Balaban J connectivity index is 2.57. The summed E-state index contributed by atoms with van der Waals surface area (Å²) >= 11 is 0. The first-order valence-electron chi connectivity index (χ1n) is 5.08. The third kappa shape index (κ3) is 2.14. The number of likely N-dealkylation sites (tertiary alicyclic amines) is 1. The van der Waals surface area contributed by atoms with Crippen LogP contribution in [0, 0.1) is 5.92 Å². The van der Waals surface area contributed by atoms with Crippen molar-refractivity contribution in [1.82, 2.24) is 9.80 Å². The van der Waals surface area contributed by atoms with Gasteiger partial charge < -0.3 is 9.80 Å². The Morgan fingerprint density at radius 1 is 1.54 bits per heavy atom. The fourth-order valence-corrected chi connectivity index (χ4v) is 1.92. The number of nitrogens with zero attached hydrogens (tertiary/aromatic N) is 2. The second kappa shape index (κ2) is 3.99. The number of rotatable bonds is 1. The van der Waals surface area contributed by atoms with Crippen LogP contribution >= 0.6 is 0 Å². The first-order valence-corrected chi connectivity index (χ1v) is 5.08. The van der Waals surface area contributed by atoms with Crippen LogP contribution in [-0.2, 0) is 0 Å². The number of carbonyl (C=O) groups excluding carboxylic acids is 1. The molecule has 0 aromatic rings. The van der Waals surface area contributed by atoms with Gasteiger partial charge in [-0.05, 0) is 26.2 Å². The summed E-state index contributed by atoms with van der Waals surface area (Å²) in [6.45, 7) is 8.05. The van der Waals surface area contributed by atoms with Crippen molar-refractivity contribution >= 4 is 6.03 Å². The Morgan fingerprint density at radius 2 is 2.15 bits per heavy atom. The van der Waals surface area contributed by atoms with E-state index in [0.29, 0.717) is 12.0 Å². The van der Waals surface area contributed by atoms with Crippen LogP contribution in [0.4, 0.5) is 4.79 Å². The average molecular weight is 184 g/mol. The highest BCUT2D eigenvalue weighted by molar-refractivity contribution is 5.74. The number of amides is 2. The van der Waals surface area contributed by atoms with Crippen LogP contribution < -0.4 is 0 Å². The summed E-state index contributed by atoms with van der Waals surface area (Å²) in [5, 5.41) is 0. The van der Waals surface area contributed by atoms with E-state index in [4.69, 9.17) is 0 Å². The third-order valence-electron chi connectivity index (χ3n) is 2.83. The zero-order valence-electron chi connectivity index (χ0n) is 9.08. The minimum absolute atomic E-state index is 0.180. The maximum Gasteiger partial charge on any atom is 0.319 e. The number of urea groups is 1. The van der Waals surface area contributed by atoms with E-state index < -0.39 is 0 Å². The molecule has 0 N–H and O–H groups in total. The van der Waals surface area contributed by atoms with Gasteiger partial charge in [0, 0.05) is 26.2 Å². The second-order valence-corrected chi connectivity index (χ2v) is 4.14. The van der Waals surface area contributed by atoms with Crippen molar-refractivity contribution in [3.05, 3.63) is 0 Å². The first-order chi connectivity index (χ1) is 6.06. The molecular formula is C10H20N2O. The molecule has 0 bridgehead atoms. The zero-order chi connectivity index (χ0) is 10.0. The normalized spacial score (nSPS) is 27.8. The molecule has 3 heteroatoms. The van der Waals surface area contributed by atoms with Gasteiger partial charge in [0.2, 0.25) is 0 Å². The highest BCUT2D eigenvalue weighted by Gasteiger charge is 2.30. The predicted molar refractivity (Wildman–Crippen MR) is 53.6 cm³/mol. The van der Waals surface area contributed by atoms with Crippen LogP contribution in [0.25, 0.3) is 0 Å². The Labute approximate surface area is 80.7 Å². The van der Waals surface area contributed by atoms with Crippen molar-refractivity contribution in [1.29, 1.82) is 0 Å². The number of hydrogen-bond donors (Lipinski definition) is 0. The fourth-order valence-electron chi connectivity index (χ4n) is 1.92. The minimum atomic E-state index is 0.180. The van der Waals surface area contributed by atoms with Crippen molar-refractivity contribution in [3.63, 3.8) is 0 Å². The smallest absolute Gasteiger partial charge is 0.319 e. The number of hydrogen-bond acceptors (Lipinski definition) is 1. The lowest BCUT2D eigenvalue weighted by molar-refractivity contribution is 0.162. The maximum atomic E-state index is 11.8. The molecule has 0 saturated carbocycles. The predicted octanol–water partition coefficient (Wildman–Crippen LogP) is 1.79. The molecule has 0 aliphatic carbocycles. The Bertz CT molecular complexity index is 193. The van der Waals surface area contributed by atoms with Gasteiger partial charge in [-0.15, -0.1) is 0 Å². The molecular weight excluding hydrogens is 164 g/mol. The lowest BCUT2D eigenvalue weighted by Gasteiger charge is -2.26. The van der Waals surface area contributed by atoms with Crippen molar-refractivity contribution in [3.8, 4) is 0 Å². The summed E-state index contributed by atoms with van der Waals surface area (Å²) < 4.78 is 0. The second-order valence-electron chi connectivity index (χ2n) is 4.14. The van der Waals surface area contributed by atoms with E-state index >= 15 is 0 Å². The van der Waals surface area contributed by atoms with E-state index in [1.54, 1.807) is 4.90 Å². The summed E-state index contributed by atoms with van der Waals surface area (Å²) in [6.07, 6.45) is 1.14. The Kier molecular flexibility index (Phi) is 3.17. The highest BCUT2D eigenvalue weighted by Crippen LogP contribution is 2.22. The quantitative estimate of drug-likeness (QED) is 0.609. The molecule has 0 aromatic heterocycles. The molecule has 0 radical (unpaired) electrons. The molecule has 1 aliphatic rings. The first kappa shape index (κ1) is 10.4. The van der Waals surface area contributed by atoms with E-state index in [2.05, 4.69) is 13.8 Å². The summed E-state index contributed by atoms with van der Waals surface area (Å²) in [5.41, 5.74) is 0. The van der Waals surface area contributed by atoms with Gasteiger partial charge in [0.05, 0.1) is 0 Å². The molecule has 13 heavy (non-hydrogen) atoms. The lowest BCUT2D eigenvalue weighted by atomic mass is 10.1. The van der Waals surface area contributed by atoms with Gasteiger partial charge in [0.1, 0.15) is 0 Å². The van der Waals surface area contributed by atoms with E-state index in [9.17, 15) is 4.79 Å². The molecule has 1 heterocycles. The van der Waals surface area contributed by atoms with Gasteiger partial charge >= 0.3 is 6.03 Å². The Hall–Kier alpha value is -0.730. The number of carbonyl (C=O) groups is 1. The summed E-state index contributed by atoms with van der Waals surface area (Å²) in [5.74, 6) is 0.657. The van der Waals surface area contributed by atoms with Crippen LogP contribution in [0.15, 0.2) is 0 Å². The van der Waals surface area contributed by atoms with Gasteiger partial charge in [-0.1, -0.05) is 6.92 Å². The van der Waals surface area contributed by atoms with Gasteiger partial charge in [0.25, 0.3) is 0 Å². The minimum Gasteiger partial charge on any atom is -0.328 e. The van der Waals surface area contributed by atoms with Crippen molar-refractivity contribution in [2.45, 2.75) is 33.2 Å². The van der Waals surface area contributed by atoms with Gasteiger partial charge in [-0.2, -0.15) is 0 Å². The van der Waals surface area contributed by atoms with E-state index in [1.165, 1.54) is 0 Å². The van der Waals surface area contributed by atoms with Crippen LogP contribution in [0.5, 0.6) is 0 Å². The van der Waals surface area contributed by atoms with E-state index in [0.717, 1.165) is 19.5 Å². The van der Waals surface area contributed by atoms with Crippen LogP contribution in [0.1, 0.15) is 27.2 Å². The molecule has 2 amide bonds. The maximum absolute atomic E-state index is 11.8. The monoisotopic (exact) mass is 184 g/mol. The van der Waals surface area contributed by atoms with E-state index in [1.807, 2.05) is 18.9 Å². The molecule has 1 fully saturated rings. The highest BCUT2D eigenvalue weighted by atomic mass is 16.2. The third-order valence-corrected chi connectivity index (χ3v) is 2.83. The zero-order valence-corrected chi connectivity index (χ0v) is 9.08. The van der Waals surface area contributed by atoms with Gasteiger partial charge in [-0.25, -0.2) is 4.79 Å².